The molecule has 2 nitrogen and oxygen atoms in total. The summed E-state index contributed by atoms with van der Waals surface area (Å²) in [6.45, 7) is 0. The van der Waals surface area contributed by atoms with Crippen LogP contribution in [0, 0.1) is 0 Å². The summed E-state index contributed by atoms with van der Waals surface area (Å²) in [5, 5.41) is 17.5. The predicted octanol–water partition coefficient (Wildman–Crippen LogP) is -0.545. The van der Waals surface area contributed by atoms with E-state index in [-0.39, 0.29) is 0 Å². The fourth-order valence-electron chi connectivity index (χ4n) is 0.532. The van der Waals surface area contributed by atoms with Crippen LogP contribution in [0.25, 0.3) is 0 Å². The lowest BCUT2D eigenvalue weighted by Crippen LogP contribution is -2.22. The second-order valence-electron chi connectivity index (χ2n) is 1.67. The highest BCUT2D eigenvalue weighted by molar-refractivity contribution is 7.99. The van der Waals surface area contributed by atoms with E-state index in [1.807, 2.05) is 0 Å². The van der Waals surface area contributed by atoms with Crippen LogP contribution < -0.4 is 0 Å². The van der Waals surface area contributed by atoms with Gasteiger partial charge in [-0.25, -0.2) is 0 Å². The Balaban J connectivity index is 2.33. The third-order valence-electron chi connectivity index (χ3n) is 1.02. The first-order chi connectivity index (χ1) is 3.30. The Labute approximate surface area is 46.5 Å². The minimum Gasteiger partial charge on any atom is -0.390 e. The summed E-state index contributed by atoms with van der Waals surface area (Å²) in [6, 6.07) is 0. The van der Waals surface area contributed by atoms with Crippen LogP contribution in [0.4, 0.5) is 0 Å². The van der Waals surface area contributed by atoms with Gasteiger partial charge in [-0.15, -0.1) is 0 Å². The number of rotatable bonds is 0. The van der Waals surface area contributed by atoms with E-state index in [0.717, 1.165) is 0 Å². The third-order valence-corrected chi connectivity index (χ3v) is 2.18. The van der Waals surface area contributed by atoms with Gasteiger partial charge in [0.25, 0.3) is 0 Å². The summed E-state index contributed by atoms with van der Waals surface area (Å²) in [5.41, 5.74) is 0. The minimum absolute atomic E-state index is 0.468. The molecule has 0 aromatic carbocycles. The number of hydrogen-bond acceptors (Lipinski definition) is 3. The van der Waals surface area contributed by atoms with Crippen LogP contribution in [0.5, 0.6) is 0 Å². The molecule has 2 unspecified atom stereocenters. The first kappa shape index (κ1) is 5.41. The van der Waals surface area contributed by atoms with Crippen LogP contribution in [-0.2, 0) is 0 Å². The van der Waals surface area contributed by atoms with Crippen LogP contribution in [-0.4, -0.2) is 33.9 Å². The molecule has 7 heavy (non-hydrogen) atoms. The van der Waals surface area contributed by atoms with Crippen molar-refractivity contribution in [2.24, 2.45) is 0 Å². The minimum atomic E-state index is -0.468. The Hall–Kier alpha value is 0.270. The molecule has 0 bridgehead atoms. The van der Waals surface area contributed by atoms with Crippen molar-refractivity contribution in [3.63, 3.8) is 0 Å². The lowest BCUT2D eigenvalue weighted by molar-refractivity contribution is 0.0572. The largest absolute Gasteiger partial charge is 0.390 e. The van der Waals surface area contributed by atoms with Crippen LogP contribution in [0.2, 0.25) is 0 Å². The molecule has 0 saturated carbocycles. The normalized spacial score (nSPS) is 42.0. The van der Waals surface area contributed by atoms with E-state index in [2.05, 4.69) is 0 Å². The van der Waals surface area contributed by atoms with Crippen LogP contribution in [0.15, 0.2) is 0 Å². The molecule has 1 saturated heterocycles. The second-order valence-corrected chi connectivity index (χ2v) is 2.75. The first-order valence-electron chi connectivity index (χ1n) is 2.24. The van der Waals surface area contributed by atoms with E-state index < -0.39 is 12.2 Å². The molecule has 0 aromatic heterocycles. The van der Waals surface area contributed by atoms with E-state index in [4.69, 9.17) is 10.2 Å². The van der Waals surface area contributed by atoms with Crippen molar-refractivity contribution in [3.05, 3.63) is 0 Å². The summed E-state index contributed by atoms with van der Waals surface area (Å²) in [6.07, 6.45) is -0.935. The second kappa shape index (κ2) is 2.03. The molecule has 1 heterocycles. The highest BCUT2D eigenvalue weighted by atomic mass is 32.2. The summed E-state index contributed by atoms with van der Waals surface area (Å²) < 4.78 is 0. The highest BCUT2D eigenvalue weighted by Gasteiger charge is 2.22. The fraction of sp³-hybridized carbons (Fsp3) is 1.00. The van der Waals surface area contributed by atoms with E-state index in [9.17, 15) is 0 Å². The van der Waals surface area contributed by atoms with Crippen molar-refractivity contribution in [2.75, 3.05) is 11.5 Å². The van der Waals surface area contributed by atoms with Gasteiger partial charge >= 0.3 is 0 Å². The van der Waals surface area contributed by atoms with Gasteiger partial charge in [-0.1, -0.05) is 0 Å². The van der Waals surface area contributed by atoms with Gasteiger partial charge in [0.05, 0.1) is 12.2 Å². The van der Waals surface area contributed by atoms with E-state index in [1.165, 1.54) is 0 Å². The Morgan fingerprint density at radius 1 is 1.14 bits per heavy atom. The summed E-state index contributed by atoms with van der Waals surface area (Å²) in [7, 11) is 0. The number of aliphatic hydroxyl groups excluding tert-OH is 2. The van der Waals surface area contributed by atoms with Crippen molar-refractivity contribution < 1.29 is 10.2 Å². The van der Waals surface area contributed by atoms with Crippen molar-refractivity contribution in [3.8, 4) is 0 Å². The van der Waals surface area contributed by atoms with Gasteiger partial charge in [-0.3, -0.25) is 0 Å². The molecule has 1 aliphatic rings. The molecule has 0 aromatic rings. The summed E-state index contributed by atoms with van der Waals surface area (Å²) >= 11 is 1.59. The lowest BCUT2D eigenvalue weighted by Gasteiger charge is -2.01. The van der Waals surface area contributed by atoms with Crippen LogP contribution in [0.1, 0.15) is 0 Å². The number of thioether (sulfide) groups is 1. The SMILES string of the molecule is OC1CSCC1O. The third kappa shape index (κ3) is 1.08. The molecule has 0 aliphatic carbocycles. The van der Waals surface area contributed by atoms with E-state index in [0.29, 0.717) is 11.5 Å². The van der Waals surface area contributed by atoms with Crippen molar-refractivity contribution in [2.45, 2.75) is 12.2 Å². The number of hydrogen-bond donors (Lipinski definition) is 2. The zero-order valence-electron chi connectivity index (χ0n) is 3.87. The standard InChI is InChI=1S/C4H8O2S/c5-3-1-7-2-4(3)6/h3-6H,1-2H2. The van der Waals surface area contributed by atoms with Crippen molar-refractivity contribution >= 4 is 11.8 Å². The maximum absolute atomic E-state index is 8.73. The first-order valence-corrected chi connectivity index (χ1v) is 3.40. The van der Waals surface area contributed by atoms with Gasteiger partial charge in [0.2, 0.25) is 0 Å². The van der Waals surface area contributed by atoms with Gasteiger partial charge in [0.15, 0.2) is 0 Å². The average molecular weight is 120 g/mol. The molecule has 1 rings (SSSR count). The van der Waals surface area contributed by atoms with Gasteiger partial charge < -0.3 is 10.2 Å². The van der Waals surface area contributed by atoms with Gasteiger partial charge in [0.1, 0.15) is 0 Å². The van der Waals surface area contributed by atoms with Crippen LogP contribution >= 0.6 is 11.8 Å². The molecular weight excluding hydrogens is 112 g/mol. The average Bonchev–Trinajstić information content (AvgIpc) is 1.91. The predicted molar refractivity (Wildman–Crippen MR) is 29.3 cm³/mol. The number of aliphatic hydroxyl groups is 2. The molecule has 3 heteroatoms. The van der Waals surface area contributed by atoms with Gasteiger partial charge in [-0.05, 0) is 0 Å². The molecule has 2 N–H and O–H groups in total. The maximum atomic E-state index is 8.73. The molecule has 2 atom stereocenters. The summed E-state index contributed by atoms with van der Waals surface area (Å²) in [5.74, 6) is 1.39. The molecule has 1 aliphatic heterocycles. The highest BCUT2D eigenvalue weighted by Crippen LogP contribution is 2.16. The fourth-order valence-corrected chi connectivity index (χ4v) is 1.60. The van der Waals surface area contributed by atoms with Gasteiger partial charge in [0, 0.05) is 11.5 Å². The monoisotopic (exact) mass is 120 g/mol. The van der Waals surface area contributed by atoms with Gasteiger partial charge in [-0.2, -0.15) is 11.8 Å². The Morgan fingerprint density at radius 2 is 1.57 bits per heavy atom. The molecule has 42 valence electrons. The quantitative estimate of drug-likeness (QED) is 0.451. The zero-order valence-corrected chi connectivity index (χ0v) is 4.69. The summed E-state index contributed by atoms with van der Waals surface area (Å²) in [4.78, 5) is 0. The Morgan fingerprint density at radius 3 is 1.71 bits per heavy atom. The van der Waals surface area contributed by atoms with E-state index >= 15 is 0 Å². The lowest BCUT2D eigenvalue weighted by atomic mass is 10.3. The molecule has 1 fully saturated rings. The smallest absolute Gasteiger partial charge is 0.0897 e. The van der Waals surface area contributed by atoms with E-state index in [1.54, 1.807) is 11.8 Å². The molecular formula is C4H8O2S. The topological polar surface area (TPSA) is 40.5 Å². The zero-order chi connectivity index (χ0) is 5.28. The van der Waals surface area contributed by atoms with Crippen molar-refractivity contribution in [1.82, 2.24) is 0 Å². The molecule has 0 amide bonds. The maximum Gasteiger partial charge on any atom is 0.0897 e. The molecule has 0 spiro atoms. The Bertz CT molecular complexity index is 58.7. The van der Waals surface area contributed by atoms with Crippen molar-refractivity contribution in [1.29, 1.82) is 0 Å². The molecule has 0 radical (unpaired) electrons. The Kier molecular flexibility index (Phi) is 1.57. The van der Waals surface area contributed by atoms with Crippen LogP contribution in [0.3, 0.4) is 0 Å².